The molecule has 1 aromatic carbocycles. The van der Waals surface area contributed by atoms with Gasteiger partial charge in [-0.05, 0) is 30.0 Å². The molecule has 0 saturated heterocycles. The van der Waals surface area contributed by atoms with Crippen molar-refractivity contribution in [1.82, 2.24) is 0 Å². The molecule has 2 atom stereocenters. The van der Waals surface area contributed by atoms with Crippen LogP contribution in [-0.2, 0) is 0 Å². The molecular weight excluding hydrogens is 360 g/mol. The Hall–Kier alpha value is -0.220. The van der Waals surface area contributed by atoms with Gasteiger partial charge in [0.05, 0.1) is 14.2 Å². The van der Waals surface area contributed by atoms with Crippen LogP contribution in [0.1, 0.15) is 37.1 Å². The Morgan fingerprint density at radius 3 is 2.22 bits per heavy atom. The van der Waals surface area contributed by atoms with Crippen LogP contribution in [0.25, 0.3) is 0 Å². The van der Waals surface area contributed by atoms with Gasteiger partial charge in [-0.3, -0.25) is 0 Å². The van der Waals surface area contributed by atoms with E-state index in [2.05, 4.69) is 45.7 Å². The summed E-state index contributed by atoms with van der Waals surface area (Å²) in [5.74, 6) is 2.09. The summed E-state index contributed by atoms with van der Waals surface area (Å²) in [6, 6.07) is 4.00. The highest BCUT2D eigenvalue weighted by Gasteiger charge is 2.20. The van der Waals surface area contributed by atoms with E-state index in [1.54, 1.807) is 14.2 Å². The van der Waals surface area contributed by atoms with Crippen molar-refractivity contribution in [3.8, 4) is 11.5 Å². The SMILES string of the molecule is CCCC(C)C(Br)c1cc(OC)c(OC)cc1Br. The number of benzene rings is 1. The molecule has 4 heteroatoms. The van der Waals surface area contributed by atoms with E-state index in [0.29, 0.717) is 10.7 Å². The summed E-state index contributed by atoms with van der Waals surface area (Å²) in [4.78, 5) is 0.312. The highest BCUT2D eigenvalue weighted by molar-refractivity contribution is 9.11. The van der Waals surface area contributed by atoms with Crippen molar-refractivity contribution in [2.45, 2.75) is 31.5 Å². The summed E-state index contributed by atoms with van der Waals surface area (Å²) < 4.78 is 11.7. The Morgan fingerprint density at radius 1 is 1.17 bits per heavy atom. The second-order valence-electron chi connectivity index (χ2n) is 4.40. The maximum Gasteiger partial charge on any atom is 0.161 e. The molecule has 0 radical (unpaired) electrons. The first kappa shape index (κ1) is 15.8. The van der Waals surface area contributed by atoms with Gasteiger partial charge in [-0.1, -0.05) is 52.1 Å². The second kappa shape index (κ2) is 7.39. The van der Waals surface area contributed by atoms with Crippen LogP contribution in [0.5, 0.6) is 11.5 Å². The topological polar surface area (TPSA) is 18.5 Å². The van der Waals surface area contributed by atoms with Crippen LogP contribution in [-0.4, -0.2) is 14.2 Å². The number of rotatable bonds is 6. The molecule has 0 saturated carbocycles. The molecule has 0 fully saturated rings. The molecule has 0 heterocycles. The van der Waals surface area contributed by atoms with E-state index in [9.17, 15) is 0 Å². The molecule has 18 heavy (non-hydrogen) atoms. The molecule has 0 amide bonds. The molecule has 102 valence electrons. The smallest absolute Gasteiger partial charge is 0.161 e. The highest BCUT2D eigenvalue weighted by Crippen LogP contribution is 2.42. The molecule has 0 N–H and O–H groups in total. The normalized spacial score (nSPS) is 14.1. The molecule has 2 unspecified atom stereocenters. The summed E-state index contributed by atoms with van der Waals surface area (Å²) in [5.41, 5.74) is 1.20. The second-order valence-corrected chi connectivity index (χ2v) is 6.24. The van der Waals surface area contributed by atoms with Crippen LogP contribution in [0.3, 0.4) is 0 Å². The zero-order chi connectivity index (χ0) is 13.7. The largest absolute Gasteiger partial charge is 0.493 e. The van der Waals surface area contributed by atoms with E-state index < -0.39 is 0 Å². The predicted molar refractivity (Wildman–Crippen MR) is 83.0 cm³/mol. The molecule has 0 aliphatic rings. The molecule has 0 spiro atoms. The van der Waals surface area contributed by atoms with Crippen molar-refractivity contribution in [1.29, 1.82) is 0 Å². The lowest BCUT2D eigenvalue weighted by Crippen LogP contribution is -2.05. The third-order valence-electron chi connectivity index (χ3n) is 3.04. The van der Waals surface area contributed by atoms with E-state index in [-0.39, 0.29) is 0 Å². The van der Waals surface area contributed by atoms with Crippen molar-refractivity contribution >= 4 is 31.9 Å². The van der Waals surface area contributed by atoms with Crippen LogP contribution >= 0.6 is 31.9 Å². The van der Waals surface area contributed by atoms with Gasteiger partial charge in [0.15, 0.2) is 11.5 Å². The molecule has 0 aliphatic heterocycles. The van der Waals surface area contributed by atoms with Crippen LogP contribution in [0, 0.1) is 5.92 Å². The number of hydrogen-bond acceptors (Lipinski definition) is 2. The summed E-state index contributed by atoms with van der Waals surface area (Å²) >= 11 is 7.39. The Balaban J connectivity index is 3.08. The summed E-state index contributed by atoms with van der Waals surface area (Å²) in [6.07, 6.45) is 2.38. The Labute approximate surface area is 126 Å². The number of halogens is 2. The van der Waals surface area contributed by atoms with Crippen molar-refractivity contribution in [2.24, 2.45) is 5.92 Å². The van der Waals surface area contributed by atoms with Crippen molar-refractivity contribution in [3.63, 3.8) is 0 Å². The summed E-state index contributed by atoms with van der Waals surface area (Å²) in [7, 11) is 3.31. The lowest BCUT2D eigenvalue weighted by Gasteiger charge is -2.21. The fraction of sp³-hybridized carbons (Fsp3) is 0.571. The van der Waals surface area contributed by atoms with E-state index >= 15 is 0 Å². The van der Waals surface area contributed by atoms with Crippen LogP contribution < -0.4 is 9.47 Å². The average molecular weight is 380 g/mol. The molecule has 0 bridgehead atoms. The zero-order valence-electron chi connectivity index (χ0n) is 11.3. The Kier molecular flexibility index (Phi) is 6.50. The number of ether oxygens (including phenoxy) is 2. The maximum atomic E-state index is 5.36. The fourth-order valence-corrected chi connectivity index (χ4v) is 3.51. The van der Waals surface area contributed by atoms with Gasteiger partial charge in [0.1, 0.15) is 0 Å². The number of methoxy groups -OCH3 is 2. The van der Waals surface area contributed by atoms with Crippen molar-refractivity contribution in [3.05, 3.63) is 22.2 Å². The molecule has 1 aromatic rings. The first-order valence-electron chi connectivity index (χ1n) is 6.10. The van der Waals surface area contributed by atoms with Crippen LogP contribution in [0.2, 0.25) is 0 Å². The summed E-state index contributed by atoms with van der Waals surface area (Å²) in [5, 5.41) is 0. The molecule has 2 nitrogen and oxygen atoms in total. The third-order valence-corrected chi connectivity index (χ3v) is 5.13. The van der Waals surface area contributed by atoms with Gasteiger partial charge in [0.25, 0.3) is 0 Å². The number of hydrogen-bond donors (Lipinski definition) is 0. The fourth-order valence-electron chi connectivity index (χ4n) is 1.99. The number of alkyl halides is 1. The minimum Gasteiger partial charge on any atom is -0.493 e. The molecule has 0 aliphatic carbocycles. The standard InChI is InChI=1S/C14H20Br2O2/c1-5-6-9(2)14(16)10-7-12(17-3)13(18-4)8-11(10)15/h7-9,14H,5-6H2,1-4H3. The van der Waals surface area contributed by atoms with Gasteiger partial charge in [-0.2, -0.15) is 0 Å². The minimum atomic E-state index is 0.312. The van der Waals surface area contributed by atoms with E-state index in [1.165, 1.54) is 18.4 Å². The van der Waals surface area contributed by atoms with Gasteiger partial charge in [0, 0.05) is 9.30 Å². The van der Waals surface area contributed by atoms with Crippen molar-refractivity contribution in [2.75, 3.05) is 14.2 Å². The first-order valence-corrected chi connectivity index (χ1v) is 7.81. The Bertz CT molecular complexity index is 394. The highest BCUT2D eigenvalue weighted by atomic mass is 79.9. The van der Waals surface area contributed by atoms with Gasteiger partial charge in [0.2, 0.25) is 0 Å². The Morgan fingerprint density at radius 2 is 1.72 bits per heavy atom. The monoisotopic (exact) mass is 378 g/mol. The van der Waals surface area contributed by atoms with Gasteiger partial charge in [-0.25, -0.2) is 0 Å². The van der Waals surface area contributed by atoms with Crippen LogP contribution in [0.15, 0.2) is 16.6 Å². The molecule has 1 rings (SSSR count). The van der Waals surface area contributed by atoms with Gasteiger partial charge >= 0.3 is 0 Å². The molecular formula is C14H20Br2O2. The zero-order valence-corrected chi connectivity index (χ0v) is 14.5. The lowest BCUT2D eigenvalue weighted by molar-refractivity contribution is 0.354. The van der Waals surface area contributed by atoms with E-state index in [4.69, 9.17) is 9.47 Å². The van der Waals surface area contributed by atoms with Crippen molar-refractivity contribution < 1.29 is 9.47 Å². The average Bonchev–Trinajstić information content (AvgIpc) is 2.37. The van der Waals surface area contributed by atoms with E-state index in [1.807, 2.05) is 12.1 Å². The van der Waals surface area contributed by atoms with E-state index in [0.717, 1.165) is 16.0 Å². The summed E-state index contributed by atoms with van der Waals surface area (Å²) in [6.45, 7) is 4.46. The maximum absolute atomic E-state index is 5.36. The van der Waals surface area contributed by atoms with Gasteiger partial charge in [-0.15, -0.1) is 0 Å². The van der Waals surface area contributed by atoms with Crippen LogP contribution in [0.4, 0.5) is 0 Å². The minimum absolute atomic E-state index is 0.312. The third kappa shape index (κ3) is 3.64. The predicted octanol–water partition coefficient (Wildman–Crippen LogP) is 5.34. The molecule has 0 aromatic heterocycles. The quantitative estimate of drug-likeness (QED) is 0.621. The lowest BCUT2D eigenvalue weighted by atomic mass is 9.96. The first-order chi connectivity index (χ1) is 8.54. The van der Waals surface area contributed by atoms with Gasteiger partial charge < -0.3 is 9.47 Å².